The number of rotatable bonds is 3. The Hall–Kier alpha value is -2.41. The summed E-state index contributed by atoms with van der Waals surface area (Å²) < 4.78 is 41.5. The SMILES string of the molecule is O=C(CN1c2ccc(F)cc2-c2ccccc2S1(=O)=O)NC1CCCCCCC1. The second-order valence-electron chi connectivity index (χ2n) is 7.78. The van der Waals surface area contributed by atoms with Crippen LogP contribution in [0.25, 0.3) is 11.1 Å². The fourth-order valence-electron chi connectivity index (χ4n) is 4.28. The van der Waals surface area contributed by atoms with Crippen molar-refractivity contribution < 1.29 is 17.6 Å². The number of amides is 1. The van der Waals surface area contributed by atoms with E-state index in [0.717, 1.165) is 30.0 Å². The van der Waals surface area contributed by atoms with Gasteiger partial charge in [0.25, 0.3) is 10.0 Å². The van der Waals surface area contributed by atoms with Crippen LogP contribution in [-0.2, 0) is 14.8 Å². The lowest BCUT2D eigenvalue weighted by molar-refractivity contribution is -0.120. The Bertz CT molecular complexity index is 1010. The van der Waals surface area contributed by atoms with Crippen molar-refractivity contribution in [3.8, 4) is 11.1 Å². The molecular formula is C22H25FN2O3S. The molecule has 1 saturated carbocycles. The lowest BCUT2D eigenvalue weighted by Gasteiger charge is -2.32. The highest BCUT2D eigenvalue weighted by atomic mass is 32.2. The van der Waals surface area contributed by atoms with Gasteiger partial charge in [-0.2, -0.15) is 0 Å². The number of fused-ring (bicyclic) bond motifs is 3. The highest BCUT2D eigenvalue weighted by molar-refractivity contribution is 7.93. The summed E-state index contributed by atoms with van der Waals surface area (Å²) in [6.45, 7) is -0.314. The lowest BCUT2D eigenvalue weighted by Crippen LogP contribution is -2.45. The molecule has 1 aliphatic heterocycles. The molecule has 154 valence electrons. The normalized spacial score (nSPS) is 18.9. The number of nitrogens with one attached hydrogen (secondary N) is 1. The van der Waals surface area contributed by atoms with Crippen LogP contribution in [0.1, 0.15) is 44.9 Å². The fourth-order valence-corrected chi connectivity index (χ4v) is 5.93. The Labute approximate surface area is 171 Å². The summed E-state index contributed by atoms with van der Waals surface area (Å²) in [5.41, 5.74) is 1.27. The van der Waals surface area contributed by atoms with Crippen molar-refractivity contribution >= 4 is 21.6 Å². The Morgan fingerprint density at radius 2 is 1.69 bits per heavy atom. The largest absolute Gasteiger partial charge is 0.352 e. The van der Waals surface area contributed by atoms with Crippen molar-refractivity contribution in [1.29, 1.82) is 0 Å². The number of benzene rings is 2. The molecule has 0 saturated heterocycles. The van der Waals surface area contributed by atoms with E-state index in [-0.39, 0.29) is 23.4 Å². The van der Waals surface area contributed by atoms with Gasteiger partial charge in [-0.3, -0.25) is 9.10 Å². The van der Waals surface area contributed by atoms with E-state index in [4.69, 9.17) is 0 Å². The van der Waals surface area contributed by atoms with Crippen LogP contribution in [0, 0.1) is 5.82 Å². The Kier molecular flexibility index (Phi) is 5.58. The minimum atomic E-state index is -3.91. The van der Waals surface area contributed by atoms with Gasteiger partial charge in [0.1, 0.15) is 12.4 Å². The predicted molar refractivity (Wildman–Crippen MR) is 111 cm³/mol. The quantitative estimate of drug-likeness (QED) is 0.814. The van der Waals surface area contributed by atoms with Gasteiger partial charge in [0.15, 0.2) is 0 Å². The molecule has 0 spiro atoms. The van der Waals surface area contributed by atoms with Crippen LogP contribution in [0.15, 0.2) is 47.4 Å². The highest BCUT2D eigenvalue weighted by Gasteiger charge is 2.36. The van der Waals surface area contributed by atoms with E-state index in [0.29, 0.717) is 16.8 Å². The Morgan fingerprint density at radius 1 is 1.00 bits per heavy atom. The van der Waals surface area contributed by atoms with Crippen molar-refractivity contribution in [1.82, 2.24) is 5.32 Å². The Balaban J connectivity index is 1.62. The lowest BCUT2D eigenvalue weighted by atomic mass is 9.97. The summed E-state index contributed by atoms with van der Waals surface area (Å²) in [5.74, 6) is -0.773. The van der Waals surface area contributed by atoms with E-state index in [1.54, 1.807) is 18.2 Å². The highest BCUT2D eigenvalue weighted by Crippen LogP contribution is 2.43. The van der Waals surface area contributed by atoms with Gasteiger partial charge in [0.2, 0.25) is 5.91 Å². The van der Waals surface area contributed by atoms with Crippen molar-refractivity contribution in [2.75, 3.05) is 10.8 Å². The molecule has 29 heavy (non-hydrogen) atoms. The van der Waals surface area contributed by atoms with E-state index < -0.39 is 15.8 Å². The molecule has 1 aliphatic carbocycles. The third kappa shape index (κ3) is 4.01. The van der Waals surface area contributed by atoms with Crippen LogP contribution < -0.4 is 9.62 Å². The molecule has 5 nitrogen and oxygen atoms in total. The first kappa shape index (κ1) is 19.9. The zero-order valence-corrected chi connectivity index (χ0v) is 17.1. The molecule has 4 rings (SSSR count). The zero-order chi connectivity index (χ0) is 20.4. The third-order valence-corrected chi connectivity index (χ3v) is 7.55. The second-order valence-corrected chi connectivity index (χ2v) is 9.61. The maximum absolute atomic E-state index is 13.9. The average Bonchev–Trinajstić information content (AvgIpc) is 2.67. The van der Waals surface area contributed by atoms with Gasteiger partial charge in [-0.15, -0.1) is 0 Å². The van der Waals surface area contributed by atoms with Crippen molar-refractivity contribution in [2.45, 2.75) is 55.9 Å². The zero-order valence-electron chi connectivity index (χ0n) is 16.2. The summed E-state index contributed by atoms with van der Waals surface area (Å²) in [4.78, 5) is 12.9. The number of carbonyl (C=O) groups excluding carboxylic acids is 1. The van der Waals surface area contributed by atoms with E-state index in [9.17, 15) is 17.6 Å². The molecule has 1 fully saturated rings. The molecule has 0 radical (unpaired) electrons. The van der Waals surface area contributed by atoms with Crippen LogP contribution >= 0.6 is 0 Å². The van der Waals surface area contributed by atoms with Crippen LogP contribution in [0.3, 0.4) is 0 Å². The minimum absolute atomic E-state index is 0.0790. The molecule has 0 atom stereocenters. The molecule has 0 aromatic heterocycles. The van der Waals surface area contributed by atoms with Gasteiger partial charge in [-0.1, -0.05) is 50.3 Å². The van der Waals surface area contributed by atoms with Gasteiger partial charge in [-0.05, 0) is 37.1 Å². The van der Waals surface area contributed by atoms with Gasteiger partial charge in [-0.25, -0.2) is 12.8 Å². The van der Waals surface area contributed by atoms with Crippen LogP contribution in [-0.4, -0.2) is 26.9 Å². The summed E-state index contributed by atoms with van der Waals surface area (Å²) in [5, 5.41) is 3.02. The van der Waals surface area contributed by atoms with Crippen LogP contribution in [0.5, 0.6) is 0 Å². The standard InChI is InChI=1S/C22H25FN2O3S/c23-16-12-13-20-19(14-16)18-10-6-7-11-21(18)29(27,28)25(20)15-22(26)24-17-8-4-2-1-3-5-9-17/h6-7,10-14,17H,1-5,8-9,15H2,(H,24,26). The van der Waals surface area contributed by atoms with E-state index in [2.05, 4.69) is 5.32 Å². The summed E-state index contributed by atoms with van der Waals surface area (Å²) in [6, 6.07) is 10.6. The smallest absolute Gasteiger partial charge is 0.265 e. The summed E-state index contributed by atoms with van der Waals surface area (Å²) in [6.07, 6.45) is 7.56. The average molecular weight is 417 g/mol. The maximum Gasteiger partial charge on any atom is 0.265 e. The predicted octanol–water partition coefficient (Wildman–Crippen LogP) is 4.23. The number of nitrogens with zero attached hydrogens (tertiary/aromatic N) is 1. The first-order valence-corrected chi connectivity index (χ1v) is 11.6. The number of anilines is 1. The first-order chi connectivity index (χ1) is 14.0. The topological polar surface area (TPSA) is 66.5 Å². The molecule has 2 aromatic carbocycles. The fraction of sp³-hybridized carbons (Fsp3) is 0.409. The van der Waals surface area contributed by atoms with Gasteiger partial charge >= 0.3 is 0 Å². The summed E-state index contributed by atoms with van der Waals surface area (Å²) >= 11 is 0. The van der Waals surface area contributed by atoms with E-state index >= 15 is 0 Å². The van der Waals surface area contributed by atoms with E-state index in [1.807, 2.05) is 0 Å². The van der Waals surface area contributed by atoms with Gasteiger partial charge in [0, 0.05) is 17.2 Å². The molecule has 0 unspecified atom stereocenters. The second kappa shape index (κ2) is 8.14. The molecule has 2 aromatic rings. The molecule has 1 amide bonds. The van der Waals surface area contributed by atoms with Crippen molar-refractivity contribution in [3.63, 3.8) is 0 Å². The van der Waals surface area contributed by atoms with Crippen molar-refractivity contribution in [2.24, 2.45) is 0 Å². The number of carbonyl (C=O) groups is 1. The molecule has 2 aliphatic rings. The summed E-state index contributed by atoms with van der Waals surface area (Å²) in [7, 11) is -3.91. The Morgan fingerprint density at radius 3 is 2.45 bits per heavy atom. The van der Waals surface area contributed by atoms with Crippen LogP contribution in [0.4, 0.5) is 10.1 Å². The van der Waals surface area contributed by atoms with Crippen LogP contribution in [0.2, 0.25) is 0 Å². The first-order valence-electron chi connectivity index (χ1n) is 10.2. The molecular weight excluding hydrogens is 391 g/mol. The number of halogens is 1. The minimum Gasteiger partial charge on any atom is -0.352 e. The third-order valence-electron chi connectivity index (χ3n) is 5.73. The van der Waals surface area contributed by atoms with Gasteiger partial charge < -0.3 is 5.32 Å². The number of sulfonamides is 1. The van der Waals surface area contributed by atoms with Crippen molar-refractivity contribution in [3.05, 3.63) is 48.3 Å². The molecule has 1 N–H and O–H groups in total. The molecule has 7 heteroatoms. The number of hydrogen-bond acceptors (Lipinski definition) is 3. The monoisotopic (exact) mass is 416 g/mol. The molecule has 1 heterocycles. The number of hydrogen-bond donors (Lipinski definition) is 1. The van der Waals surface area contributed by atoms with Gasteiger partial charge in [0.05, 0.1) is 10.6 Å². The van der Waals surface area contributed by atoms with E-state index in [1.165, 1.54) is 43.5 Å². The molecule has 0 bridgehead atoms. The maximum atomic E-state index is 13.9.